The lowest BCUT2D eigenvalue weighted by Gasteiger charge is -2.08. The summed E-state index contributed by atoms with van der Waals surface area (Å²) in [5.74, 6) is 0.641. The molecular weight excluding hydrogens is 250 g/mol. The molecule has 1 aromatic heterocycles. The Bertz CT molecular complexity index is 477. The molecule has 0 amide bonds. The number of fused-ring (bicyclic) bond motifs is 1. The average molecular weight is 264 g/mol. The monoisotopic (exact) mass is 263 g/mol. The second-order valence-electron chi connectivity index (χ2n) is 4.20. The first-order valence-electron chi connectivity index (χ1n) is 5.20. The zero-order valence-electron chi connectivity index (χ0n) is 9.00. The Morgan fingerprint density at radius 2 is 1.87 bits per heavy atom. The van der Waals surface area contributed by atoms with Gasteiger partial charge >= 0.3 is 0 Å². The molecule has 2 aromatic rings. The number of hydrogen-bond donors (Lipinski definition) is 0. The molecule has 0 saturated heterocycles. The molecule has 0 aliphatic heterocycles. The highest BCUT2D eigenvalue weighted by Gasteiger charge is 2.06. The van der Waals surface area contributed by atoms with Crippen molar-refractivity contribution in [2.24, 2.45) is 5.92 Å². The van der Waals surface area contributed by atoms with Gasteiger partial charge in [0.2, 0.25) is 0 Å². The number of rotatable bonds is 2. The van der Waals surface area contributed by atoms with Crippen LogP contribution in [0.15, 0.2) is 34.9 Å². The van der Waals surface area contributed by atoms with Gasteiger partial charge in [-0.05, 0) is 33.7 Å². The van der Waals surface area contributed by atoms with E-state index in [1.807, 2.05) is 6.20 Å². The van der Waals surface area contributed by atoms with E-state index >= 15 is 0 Å². The molecule has 0 saturated carbocycles. The van der Waals surface area contributed by atoms with Crippen LogP contribution in [-0.4, -0.2) is 4.98 Å². The van der Waals surface area contributed by atoms with Crippen molar-refractivity contribution in [1.29, 1.82) is 0 Å². The molecule has 0 aliphatic rings. The van der Waals surface area contributed by atoms with Crippen LogP contribution in [0.4, 0.5) is 0 Å². The van der Waals surface area contributed by atoms with E-state index in [1.54, 1.807) is 0 Å². The van der Waals surface area contributed by atoms with Crippen molar-refractivity contribution in [3.8, 4) is 0 Å². The summed E-state index contributed by atoms with van der Waals surface area (Å²) in [6, 6.07) is 8.41. The van der Waals surface area contributed by atoms with Crippen molar-refractivity contribution in [2.45, 2.75) is 20.3 Å². The zero-order chi connectivity index (χ0) is 10.8. The Kier molecular flexibility index (Phi) is 3.06. The molecular formula is C13H14BrN. The number of pyridine rings is 1. The predicted octanol–water partition coefficient (Wildman–Crippen LogP) is 4.20. The number of hydrogen-bond acceptors (Lipinski definition) is 1. The maximum absolute atomic E-state index is 4.50. The van der Waals surface area contributed by atoms with Gasteiger partial charge in [0.05, 0.1) is 0 Å². The highest BCUT2D eigenvalue weighted by atomic mass is 79.9. The van der Waals surface area contributed by atoms with E-state index in [0.29, 0.717) is 5.92 Å². The standard InChI is InChI=1S/C13H14BrN/c1-9(2)7-13-11-6-4-3-5-10(11)12(14)8-15-13/h3-6,8-9H,7H2,1-2H3. The van der Waals surface area contributed by atoms with Gasteiger partial charge in [0.15, 0.2) is 0 Å². The van der Waals surface area contributed by atoms with Crippen molar-refractivity contribution >= 4 is 26.7 Å². The molecule has 0 spiro atoms. The molecule has 0 atom stereocenters. The first kappa shape index (κ1) is 10.6. The second-order valence-corrected chi connectivity index (χ2v) is 5.05. The van der Waals surface area contributed by atoms with Gasteiger partial charge in [-0.15, -0.1) is 0 Å². The van der Waals surface area contributed by atoms with Crippen LogP contribution >= 0.6 is 15.9 Å². The summed E-state index contributed by atoms with van der Waals surface area (Å²) in [6.45, 7) is 4.44. The van der Waals surface area contributed by atoms with Crippen molar-refractivity contribution < 1.29 is 0 Å². The fourth-order valence-electron chi connectivity index (χ4n) is 1.77. The zero-order valence-corrected chi connectivity index (χ0v) is 10.6. The molecule has 0 fully saturated rings. The predicted molar refractivity (Wildman–Crippen MR) is 68.0 cm³/mol. The summed E-state index contributed by atoms with van der Waals surface area (Å²) in [6.07, 6.45) is 2.94. The van der Waals surface area contributed by atoms with E-state index in [2.05, 4.69) is 59.0 Å². The lowest BCUT2D eigenvalue weighted by molar-refractivity contribution is 0.639. The Balaban J connectivity index is 2.61. The largest absolute Gasteiger partial charge is 0.259 e. The minimum absolute atomic E-state index is 0.641. The highest BCUT2D eigenvalue weighted by Crippen LogP contribution is 2.26. The summed E-state index contributed by atoms with van der Waals surface area (Å²) in [5, 5.41) is 2.52. The average Bonchev–Trinajstić information content (AvgIpc) is 2.22. The molecule has 0 unspecified atom stereocenters. The Morgan fingerprint density at radius 3 is 2.53 bits per heavy atom. The lowest BCUT2D eigenvalue weighted by atomic mass is 10.0. The maximum Gasteiger partial charge on any atom is 0.0485 e. The quantitative estimate of drug-likeness (QED) is 0.792. The van der Waals surface area contributed by atoms with Crippen LogP contribution in [0.25, 0.3) is 10.8 Å². The van der Waals surface area contributed by atoms with Crippen LogP contribution in [0.1, 0.15) is 19.5 Å². The molecule has 0 radical (unpaired) electrons. The lowest BCUT2D eigenvalue weighted by Crippen LogP contribution is -1.98. The molecule has 15 heavy (non-hydrogen) atoms. The number of halogens is 1. The van der Waals surface area contributed by atoms with Gasteiger partial charge in [-0.3, -0.25) is 4.98 Å². The molecule has 1 nitrogen and oxygen atoms in total. The van der Waals surface area contributed by atoms with Crippen molar-refractivity contribution in [1.82, 2.24) is 4.98 Å². The molecule has 2 rings (SSSR count). The van der Waals surface area contributed by atoms with Crippen LogP contribution in [0.2, 0.25) is 0 Å². The molecule has 0 aliphatic carbocycles. The second kappa shape index (κ2) is 4.31. The SMILES string of the molecule is CC(C)Cc1ncc(Br)c2ccccc12. The maximum atomic E-state index is 4.50. The van der Waals surface area contributed by atoms with Gasteiger partial charge in [-0.1, -0.05) is 38.1 Å². The first-order valence-corrected chi connectivity index (χ1v) is 6.00. The van der Waals surface area contributed by atoms with E-state index in [1.165, 1.54) is 16.5 Å². The van der Waals surface area contributed by atoms with Crippen LogP contribution < -0.4 is 0 Å². The highest BCUT2D eigenvalue weighted by molar-refractivity contribution is 9.10. The molecule has 1 aromatic carbocycles. The van der Waals surface area contributed by atoms with Gasteiger partial charge in [-0.25, -0.2) is 0 Å². The summed E-state index contributed by atoms with van der Waals surface area (Å²) >= 11 is 3.53. The minimum Gasteiger partial charge on any atom is -0.259 e. The van der Waals surface area contributed by atoms with E-state index in [4.69, 9.17) is 0 Å². The topological polar surface area (TPSA) is 12.9 Å². The first-order chi connectivity index (χ1) is 7.18. The van der Waals surface area contributed by atoms with Gasteiger partial charge in [0.1, 0.15) is 0 Å². The number of benzene rings is 1. The van der Waals surface area contributed by atoms with E-state index in [9.17, 15) is 0 Å². The third-order valence-corrected chi connectivity index (χ3v) is 3.06. The van der Waals surface area contributed by atoms with E-state index in [-0.39, 0.29) is 0 Å². The normalized spacial score (nSPS) is 11.2. The molecule has 0 bridgehead atoms. The molecule has 1 heterocycles. The van der Waals surface area contributed by atoms with Gasteiger partial charge < -0.3 is 0 Å². The third-order valence-electron chi connectivity index (χ3n) is 2.43. The van der Waals surface area contributed by atoms with Gasteiger partial charge in [0.25, 0.3) is 0 Å². The van der Waals surface area contributed by atoms with E-state index in [0.717, 1.165) is 10.9 Å². The van der Waals surface area contributed by atoms with Crippen LogP contribution in [-0.2, 0) is 6.42 Å². The van der Waals surface area contributed by atoms with Crippen molar-refractivity contribution in [3.63, 3.8) is 0 Å². The number of aromatic nitrogens is 1. The summed E-state index contributed by atoms with van der Waals surface area (Å²) in [4.78, 5) is 4.50. The van der Waals surface area contributed by atoms with Gasteiger partial charge in [0, 0.05) is 21.7 Å². The summed E-state index contributed by atoms with van der Waals surface area (Å²) < 4.78 is 1.07. The smallest absolute Gasteiger partial charge is 0.0485 e. The Morgan fingerprint density at radius 1 is 1.20 bits per heavy atom. The van der Waals surface area contributed by atoms with Crippen LogP contribution in [0.3, 0.4) is 0 Å². The Hall–Kier alpha value is -0.890. The van der Waals surface area contributed by atoms with Crippen LogP contribution in [0, 0.1) is 5.92 Å². The molecule has 78 valence electrons. The van der Waals surface area contributed by atoms with E-state index < -0.39 is 0 Å². The molecule has 0 N–H and O–H groups in total. The molecule has 2 heteroatoms. The minimum atomic E-state index is 0.641. The summed E-state index contributed by atoms with van der Waals surface area (Å²) in [7, 11) is 0. The third kappa shape index (κ3) is 2.20. The van der Waals surface area contributed by atoms with Gasteiger partial charge in [-0.2, -0.15) is 0 Å². The van der Waals surface area contributed by atoms with Crippen molar-refractivity contribution in [2.75, 3.05) is 0 Å². The Labute approximate surface area is 98.7 Å². The van der Waals surface area contributed by atoms with Crippen molar-refractivity contribution in [3.05, 3.63) is 40.6 Å². The van der Waals surface area contributed by atoms with Crippen LogP contribution in [0.5, 0.6) is 0 Å². The fraction of sp³-hybridized carbons (Fsp3) is 0.308. The number of nitrogens with zero attached hydrogens (tertiary/aromatic N) is 1. The fourth-order valence-corrected chi connectivity index (χ4v) is 2.21. The summed E-state index contributed by atoms with van der Waals surface area (Å²) in [5.41, 5.74) is 1.20.